The molecule has 1 aromatic carbocycles. The van der Waals surface area contributed by atoms with E-state index in [1.165, 1.54) is 11.3 Å². The van der Waals surface area contributed by atoms with Crippen LogP contribution in [-0.2, 0) is 0 Å². The lowest BCUT2D eigenvalue weighted by atomic mass is 10.1. The van der Waals surface area contributed by atoms with Crippen molar-refractivity contribution in [3.8, 4) is 0 Å². The first kappa shape index (κ1) is 15.3. The second-order valence-electron chi connectivity index (χ2n) is 6.46. The topological polar surface area (TPSA) is 52.7 Å². The summed E-state index contributed by atoms with van der Waals surface area (Å²) in [4.78, 5) is 4.72. The van der Waals surface area contributed by atoms with Crippen molar-refractivity contribution >= 4 is 5.69 Å². The number of aliphatic hydroxyl groups is 1. The smallest absolute Gasteiger partial charge is 0.0718 e. The maximum atomic E-state index is 9.87. The quantitative estimate of drug-likeness (QED) is 0.878. The van der Waals surface area contributed by atoms with Gasteiger partial charge in [-0.25, -0.2) is 0 Å². The van der Waals surface area contributed by atoms with Crippen LogP contribution in [0, 0.1) is 0 Å². The van der Waals surface area contributed by atoms with Crippen LogP contribution in [0.4, 0.5) is 5.69 Å². The van der Waals surface area contributed by atoms with E-state index in [2.05, 4.69) is 34.1 Å². The number of piperazine rings is 1. The molecule has 0 radical (unpaired) electrons. The molecule has 4 heteroatoms. The lowest BCUT2D eigenvalue weighted by molar-refractivity contribution is 0.0345. The maximum absolute atomic E-state index is 9.87. The van der Waals surface area contributed by atoms with E-state index in [1.807, 2.05) is 20.8 Å². The Labute approximate surface area is 122 Å². The van der Waals surface area contributed by atoms with E-state index in [0.29, 0.717) is 0 Å². The second kappa shape index (κ2) is 6.12. The first-order valence-corrected chi connectivity index (χ1v) is 7.40. The summed E-state index contributed by atoms with van der Waals surface area (Å²) in [5.74, 6) is 0. The van der Waals surface area contributed by atoms with Crippen LogP contribution >= 0.6 is 0 Å². The Bertz CT molecular complexity index is 414. The Kier molecular flexibility index (Phi) is 4.68. The van der Waals surface area contributed by atoms with Crippen LogP contribution in [-0.4, -0.2) is 48.3 Å². The van der Waals surface area contributed by atoms with Gasteiger partial charge in [0.15, 0.2) is 0 Å². The third-order valence-electron chi connectivity index (χ3n) is 3.77. The molecule has 0 aromatic heterocycles. The number of β-amino-alcohol motifs (C(OH)–C–C–N with tert-alkyl or cyclic N) is 1. The van der Waals surface area contributed by atoms with Gasteiger partial charge in [0, 0.05) is 44.5 Å². The molecular formula is C16H27N3O. The fraction of sp³-hybridized carbons (Fsp3) is 0.625. The lowest BCUT2D eigenvalue weighted by Crippen LogP contribution is -2.50. The Morgan fingerprint density at radius 1 is 1.15 bits per heavy atom. The minimum absolute atomic E-state index is 0.0904. The van der Waals surface area contributed by atoms with Crippen molar-refractivity contribution in [2.24, 2.45) is 5.73 Å². The van der Waals surface area contributed by atoms with Gasteiger partial charge in [0.25, 0.3) is 0 Å². The van der Waals surface area contributed by atoms with Gasteiger partial charge in [0.05, 0.1) is 5.60 Å². The van der Waals surface area contributed by atoms with Gasteiger partial charge in [-0.2, -0.15) is 0 Å². The minimum atomic E-state index is -0.610. The van der Waals surface area contributed by atoms with Gasteiger partial charge in [0.2, 0.25) is 0 Å². The first-order chi connectivity index (χ1) is 9.35. The van der Waals surface area contributed by atoms with Crippen molar-refractivity contribution in [3.63, 3.8) is 0 Å². The normalized spacial score (nSPS) is 19.1. The molecule has 4 nitrogen and oxygen atoms in total. The molecule has 0 saturated carbocycles. The van der Waals surface area contributed by atoms with Gasteiger partial charge in [0.1, 0.15) is 0 Å². The maximum Gasteiger partial charge on any atom is 0.0718 e. The van der Waals surface area contributed by atoms with Gasteiger partial charge in [-0.1, -0.05) is 12.1 Å². The van der Waals surface area contributed by atoms with Crippen LogP contribution < -0.4 is 10.6 Å². The molecule has 0 amide bonds. The molecule has 0 spiro atoms. The molecule has 3 N–H and O–H groups in total. The average molecular weight is 277 g/mol. The molecule has 1 aliphatic heterocycles. The summed E-state index contributed by atoms with van der Waals surface area (Å²) in [6, 6.07) is 8.63. The Morgan fingerprint density at radius 2 is 1.70 bits per heavy atom. The van der Waals surface area contributed by atoms with Crippen molar-refractivity contribution in [2.45, 2.75) is 32.4 Å². The molecule has 1 aliphatic rings. The second-order valence-corrected chi connectivity index (χ2v) is 6.46. The van der Waals surface area contributed by atoms with E-state index in [-0.39, 0.29) is 6.04 Å². The lowest BCUT2D eigenvalue weighted by Gasteiger charge is -2.38. The first-order valence-electron chi connectivity index (χ1n) is 7.40. The highest BCUT2D eigenvalue weighted by Crippen LogP contribution is 2.20. The number of anilines is 1. The highest BCUT2D eigenvalue weighted by atomic mass is 16.3. The van der Waals surface area contributed by atoms with E-state index in [1.54, 1.807) is 0 Å². The number of rotatable bonds is 4. The zero-order valence-electron chi connectivity index (χ0n) is 12.8. The molecule has 1 atom stereocenters. The number of nitrogens with zero attached hydrogens (tertiary/aromatic N) is 2. The monoisotopic (exact) mass is 277 g/mol. The Hall–Kier alpha value is -1.10. The highest BCUT2D eigenvalue weighted by molar-refractivity contribution is 5.48. The summed E-state index contributed by atoms with van der Waals surface area (Å²) >= 11 is 0. The van der Waals surface area contributed by atoms with E-state index < -0.39 is 5.60 Å². The molecule has 1 fully saturated rings. The highest BCUT2D eigenvalue weighted by Gasteiger charge is 2.22. The number of hydrogen-bond donors (Lipinski definition) is 2. The van der Waals surface area contributed by atoms with Crippen LogP contribution in [0.3, 0.4) is 0 Å². The average Bonchev–Trinajstić information content (AvgIpc) is 2.38. The van der Waals surface area contributed by atoms with Crippen molar-refractivity contribution < 1.29 is 5.11 Å². The van der Waals surface area contributed by atoms with Gasteiger partial charge in [-0.05, 0) is 38.5 Å². The molecule has 0 unspecified atom stereocenters. The van der Waals surface area contributed by atoms with Gasteiger partial charge in [-0.3, -0.25) is 4.90 Å². The predicted molar refractivity (Wildman–Crippen MR) is 84.0 cm³/mol. The summed E-state index contributed by atoms with van der Waals surface area (Å²) in [5.41, 5.74) is 7.70. The summed E-state index contributed by atoms with van der Waals surface area (Å²) in [6.45, 7) is 10.5. The molecule has 1 heterocycles. The van der Waals surface area contributed by atoms with Crippen molar-refractivity contribution in [3.05, 3.63) is 29.8 Å². The van der Waals surface area contributed by atoms with Crippen LogP contribution in [0.25, 0.3) is 0 Å². The van der Waals surface area contributed by atoms with Crippen molar-refractivity contribution in [2.75, 3.05) is 37.6 Å². The SMILES string of the molecule is C[C@H](N)c1ccc(N2CCN(CC(C)(C)O)CC2)cc1. The van der Waals surface area contributed by atoms with Crippen molar-refractivity contribution in [1.29, 1.82) is 0 Å². The molecule has 20 heavy (non-hydrogen) atoms. The van der Waals surface area contributed by atoms with Crippen molar-refractivity contribution in [1.82, 2.24) is 4.90 Å². The molecule has 1 saturated heterocycles. The largest absolute Gasteiger partial charge is 0.389 e. The number of nitrogens with two attached hydrogens (primary N) is 1. The Balaban J connectivity index is 1.90. The molecule has 2 rings (SSSR count). The summed E-state index contributed by atoms with van der Waals surface area (Å²) < 4.78 is 0. The summed E-state index contributed by atoms with van der Waals surface area (Å²) in [6.07, 6.45) is 0. The molecule has 0 bridgehead atoms. The van der Waals surface area contributed by atoms with Crippen LogP contribution in [0.1, 0.15) is 32.4 Å². The molecular weight excluding hydrogens is 250 g/mol. The van der Waals surface area contributed by atoms with Crippen LogP contribution in [0.5, 0.6) is 0 Å². The Morgan fingerprint density at radius 3 is 2.15 bits per heavy atom. The molecule has 112 valence electrons. The third kappa shape index (κ3) is 4.20. The van der Waals surface area contributed by atoms with E-state index in [9.17, 15) is 5.11 Å². The zero-order chi connectivity index (χ0) is 14.8. The van der Waals surface area contributed by atoms with Gasteiger partial charge in [-0.15, -0.1) is 0 Å². The fourth-order valence-corrected chi connectivity index (χ4v) is 2.70. The van der Waals surface area contributed by atoms with E-state index in [0.717, 1.165) is 32.7 Å². The van der Waals surface area contributed by atoms with Gasteiger partial charge >= 0.3 is 0 Å². The fourth-order valence-electron chi connectivity index (χ4n) is 2.70. The molecule has 1 aromatic rings. The van der Waals surface area contributed by atoms with Crippen LogP contribution in [0.2, 0.25) is 0 Å². The van der Waals surface area contributed by atoms with Crippen LogP contribution in [0.15, 0.2) is 24.3 Å². The predicted octanol–water partition coefficient (Wildman–Crippen LogP) is 1.60. The third-order valence-corrected chi connectivity index (χ3v) is 3.77. The standard InChI is InChI=1S/C16H27N3O/c1-13(17)14-4-6-15(7-5-14)19-10-8-18(9-11-19)12-16(2,3)20/h4-7,13,20H,8-12,17H2,1-3H3/t13-/m0/s1. The van der Waals surface area contributed by atoms with Gasteiger partial charge < -0.3 is 15.7 Å². The van der Waals surface area contributed by atoms with E-state index in [4.69, 9.17) is 5.73 Å². The van der Waals surface area contributed by atoms with E-state index >= 15 is 0 Å². The zero-order valence-corrected chi connectivity index (χ0v) is 12.8. The minimum Gasteiger partial charge on any atom is -0.389 e. The number of hydrogen-bond acceptors (Lipinski definition) is 4. The number of benzene rings is 1. The molecule has 0 aliphatic carbocycles. The summed E-state index contributed by atoms with van der Waals surface area (Å²) in [5, 5.41) is 9.87. The summed E-state index contributed by atoms with van der Waals surface area (Å²) in [7, 11) is 0.